The van der Waals surface area contributed by atoms with Crippen LogP contribution >= 0.6 is 15.9 Å². The van der Waals surface area contributed by atoms with Gasteiger partial charge in [-0.25, -0.2) is 4.39 Å². The van der Waals surface area contributed by atoms with Gasteiger partial charge in [0.15, 0.2) is 0 Å². The van der Waals surface area contributed by atoms with Gasteiger partial charge in [-0.15, -0.1) is 0 Å². The van der Waals surface area contributed by atoms with Gasteiger partial charge in [0.05, 0.1) is 18.4 Å². The Hall–Kier alpha value is -2.06. The second-order valence-corrected chi connectivity index (χ2v) is 5.03. The van der Waals surface area contributed by atoms with Gasteiger partial charge in [0.1, 0.15) is 17.6 Å². The fourth-order valence-corrected chi connectivity index (χ4v) is 2.11. The molecule has 0 atom stereocenters. The normalized spacial score (nSPS) is 9.90. The van der Waals surface area contributed by atoms with Gasteiger partial charge in [0, 0.05) is 22.6 Å². The fraction of sp³-hybridized carbons (Fsp3) is 0.133. The van der Waals surface area contributed by atoms with E-state index in [2.05, 4.69) is 27.3 Å². The number of benzene rings is 2. The first-order valence-electron chi connectivity index (χ1n) is 5.90. The van der Waals surface area contributed by atoms with Gasteiger partial charge < -0.3 is 10.1 Å². The minimum atomic E-state index is -0.342. The number of hydrogen-bond donors (Lipinski definition) is 1. The molecule has 0 bridgehead atoms. The minimum Gasteiger partial charge on any atom is -0.497 e. The van der Waals surface area contributed by atoms with Crippen LogP contribution in [0.3, 0.4) is 0 Å². The van der Waals surface area contributed by atoms with Crippen LogP contribution in [-0.2, 0) is 6.54 Å². The highest BCUT2D eigenvalue weighted by Crippen LogP contribution is 2.22. The van der Waals surface area contributed by atoms with Crippen LogP contribution in [0.5, 0.6) is 5.75 Å². The van der Waals surface area contributed by atoms with E-state index in [-0.39, 0.29) is 5.82 Å². The molecule has 2 aromatic carbocycles. The third-order valence-electron chi connectivity index (χ3n) is 2.83. The van der Waals surface area contributed by atoms with Crippen LogP contribution in [0.4, 0.5) is 10.1 Å². The van der Waals surface area contributed by atoms with Gasteiger partial charge in [-0.1, -0.05) is 22.0 Å². The highest BCUT2D eigenvalue weighted by Gasteiger charge is 2.06. The number of nitrogens with zero attached hydrogens (tertiary/aromatic N) is 1. The second-order valence-electron chi connectivity index (χ2n) is 4.11. The van der Waals surface area contributed by atoms with Gasteiger partial charge in [-0.3, -0.25) is 0 Å². The van der Waals surface area contributed by atoms with Gasteiger partial charge >= 0.3 is 0 Å². The number of anilines is 1. The zero-order valence-electron chi connectivity index (χ0n) is 10.8. The van der Waals surface area contributed by atoms with Crippen molar-refractivity contribution < 1.29 is 9.13 Å². The maximum absolute atomic E-state index is 13.8. The third-order valence-corrected chi connectivity index (χ3v) is 3.32. The monoisotopic (exact) mass is 334 g/mol. The molecule has 0 spiro atoms. The zero-order chi connectivity index (χ0) is 14.5. The average molecular weight is 335 g/mol. The molecule has 0 aliphatic carbocycles. The summed E-state index contributed by atoms with van der Waals surface area (Å²) in [5.74, 6) is 0.136. The van der Waals surface area contributed by atoms with E-state index in [1.807, 2.05) is 0 Å². The van der Waals surface area contributed by atoms with Gasteiger partial charge in [0.2, 0.25) is 0 Å². The third kappa shape index (κ3) is 3.28. The van der Waals surface area contributed by atoms with Crippen LogP contribution in [-0.4, -0.2) is 7.11 Å². The summed E-state index contributed by atoms with van der Waals surface area (Å²) in [6.07, 6.45) is 0. The van der Waals surface area contributed by atoms with Crippen molar-refractivity contribution >= 4 is 21.6 Å². The van der Waals surface area contributed by atoms with E-state index in [4.69, 9.17) is 10.00 Å². The van der Waals surface area contributed by atoms with Crippen molar-refractivity contribution in [3.05, 3.63) is 57.8 Å². The number of ether oxygens (including phenoxy) is 1. The van der Waals surface area contributed by atoms with Gasteiger partial charge in [-0.2, -0.15) is 5.26 Å². The molecule has 0 aliphatic rings. The van der Waals surface area contributed by atoms with Gasteiger partial charge in [0.25, 0.3) is 0 Å². The Balaban J connectivity index is 2.17. The van der Waals surface area contributed by atoms with E-state index in [1.54, 1.807) is 30.3 Å². The van der Waals surface area contributed by atoms with Crippen molar-refractivity contribution in [3.63, 3.8) is 0 Å². The predicted octanol–water partition coefficient (Wildman–Crippen LogP) is 4.08. The number of nitriles is 1. The van der Waals surface area contributed by atoms with Gasteiger partial charge in [-0.05, 0) is 24.3 Å². The van der Waals surface area contributed by atoms with E-state index in [1.165, 1.54) is 13.2 Å². The van der Waals surface area contributed by atoms with Crippen molar-refractivity contribution in [3.8, 4) is 11.8 Å². The molecule has 1 N–H and O–H groups in total. The lowest BCUT2D eigenvalue weighted by Gasteiger charge is -2.10. The van der Waals surface area contributed by atoms with Crippen LogP contribution in [0.15, 0.2) is 40.9 Å². The van der Waals surface area contributed by atoms with Crippen LogP contribution in [0.2, 0.25) is 0 Å². The Labute approximate surface area is 125 Å². The maximum Gasteiger partial charge on any atom is 0.131 e. The van der Waals surface area contributed by atoms with Crippen molar-refractivity contribution in [1.29, 1.82) is 5.26 Å². The second kappa shape index (κ2) is 6.40. The number of methoxy groups -OCH3 is 1. The Morgan fingerprint density at radius 1 is 1.30 bits per heavy atom. The summed E-state index contributed by atoms with van der Waals surface area (Å²) in [4.78, 5) is 0. The fourth-order valence-electron chi connectivity index (χ4n) is 1.75. The summed E-state index contributed by atoms with van der Waals surface area (Å²) >= 11 is 3.35. The molecule has 5 heteroatoms. The van der Waals surface area contributed by atoms with Crippen LogP contribution in [0.1, 0.15) is 11.1 Å². The van der Waals surface area contributed by atoms with Crippen LogP contribution in [0, 0.1) is 17.1 Å². The first-order valence-corrected chi connectivity index (χ1v) is 6.69. The molecule has 0 aromatic heterocycles. The Bertz CT molecular complexity index is 667. The summed E-state index contributed by atoms with van der Waals surface area (Å²) in [7, 11) is 1.49. The largest absolute Gasteiger partial charge is 0.497 e. The molecule has 0 radical (unpaired) electrons. The molecule has 0 unspecified atom stereocenters. The number of hydrogen-bond acceptors (Lipinski definition) is 3. The summed E-state index contributed by atoms with van der Waals surface area (Å²) in [6, 6.07) is 12.1. The first-order chi connectivity index (χ1) is 9.63. The minimum absolute atomic E-state index is 0.293. The number of nitrogens with one attached hydrogen (secondary N) is 1. The molecular formula is C15H12BrFN2O. The smallest absolute Gasteiger partial charge is 0.131 e. The summed E-state index contributed by atoms with van der Waals surface area (Å²) in [5, 5.41) is 12.1. The molecule has 0 saturated heterocycles. The Morgan fingerprint density at radius 2 is 2.10 bits per heavy atom. The highest BCUT2D eigenvalue weighted by molar-refractivity contribution is 9.10. The van der Waals surface area contributed by atoms with Crippen molar-refractivity contribution in [2.24, 2.45) is 0 Å². The van der Waals surface area contributed by atoms with Crippen molar-refractivity contribution in [2.75, 3.05) is 12.4 Å². The molecule has 2 rings (SSSR count). The van der Waals surface area contributed by atoms with E-state index < -0.39 is 0 Å². The molecule has 0 heterocycles. The highest BCUT2D eigenvalue weighted by atomic mass is 79.9. The lowest BCUT2D eigenvalue weighted by atomic mass is 10.1. The molecule has 102 valence electrons. The Kier molecular flexibility index (Phi) is 4.59. The molecule has 0 saturated carbocycles. The number of rotatable bonds is 4. The summed E-state index contributed by atoms with van der Waals surface area (Å²) in [6.45, 7) is 0.293. The van der Waals surface area contributed by atoms with E-state index in [0.717, 1.165) is 4.47 Å². The molecule has 0 aliphatic heterocycles. The predicted molar refractivity (Wildman–Crippen MR) is 79.1 cm³/mol. The first kappa shape index (κ1) is 14.4. The molecule has 0 amide bonds. The standard InChI is InChI=1S/C15H12BrFN2O/c1-20-13-5-3-11(14(17)7-13)9-19-15-6-12(16)4-2-10(15)8-18/h2-7,19H,9H2,1H3. The molecule has 0 fully saturated rings. The van der Waals surface area contributed by atoms with Crippen molar-refractivity contribution in [2.45, 2.75) is 6.54 Å². The van der Waals surface area contributed by atoms with E-state index in [9.17, 15) is 4.39 Å². The topological polar surface area (TPSA) is 45.0 Å². The van der Waals surface area contributed by atoms with E-state index in [0.29, 0.717) is 29.1 Å². The summed E-state index contributed by atoms with van der Waals surface area (Å²) < 4.78 is 19.6. The molecular weight excluding hydrogens is 323 g/mol. The lowest BCUT2D eigenvalue weighted by Crippen LogP contribution is -2.03. The molecule has 2 aromatic rings. The molecule has 20 heavy (non-hydrogen) atoms. The Morgan fingerprint density at radius 3 is 2.75 bits per heavy atom. The van der Waals surface area contributed by atoms with Crippen LogP contribution < -0.4 is 10.1 Å². The number of halogens is 2. The SMILES string of the molecule is COc1ccc(CNc2cc(Br)ccc2C#N)c(F)c1. The van der Waals surface area contributed by atoms with E-state index >= 15 is 0 Å². The lowest BCUT2D eigenvalue weighted by molar-refractivity contribution is 0.411. The maximum atomic E-state index is 13.8. The summed E-state index contributed by atoms with van der Waals surface area (Å²) in [5.41, 5.74) is 1.69. The quantitative estimate of drug-likeness (QED) is 0.916. The molecule has 3 nitrogen and oxygen atoms in total. The average Bonchev–Trinajstić information content (AvgIpc) is 2.46. The zero-order valence-corrected chi connectivity index (χ0v) is 12.4. The van der Waals surface area contributed by atoms with Crippen LogP contribution in [0.25, 0.3) is 0 Å². The van der Waals surface area contributed by atoms with Crippen molar-refractivity contribution in [1.82, 2.24) is 0 Å².